The third-order valence-corrected chi connectivity index (χ3v) is 6.42. The number of fused-ring (bicyclic) bond motifs is 1. The first-order valence-corrected chi connectivity index (χ1v) is 11.5. The second kappa shape index (κ2) is 8.27. The second-order valence-corrected chi connectivity index (χ2v) is 8.99. The molecule has 4 heterocycles. The molecule has 1 aliphatic carbocycles. The van der Waals surface area contributed by atoms with Gasteiger partial charge in [-0.1, -0.05) is 30.3 Å². The van der Waals surface area contributed by atoms with Crippen molar-refractivity contribution in [2.45, 2.75) is 31.7 Å². The summed E-state index contributed by atoms with van der Waals surface area (Å²) in [7, 11) is 0. The maximum absolute atomic E-state index is 4.76. The van der Waals surface area contributed by atoms with Crippen molar-refractivity contribution in [2.75, 3.05) is 30.3 Å². The Balaban J connectivity index is 1.11. The number of anilines is 3. The number of benzene rings is 1. The highest BCUT2D eigenvalue weighted by Gasteiger charge is 2.26. The maximum Gasteiger partial charge on any atom is 0.243 e. The summed E-state index contributed by atoms with van der Waals surface area (Å²) in [5, 5.41) is 19.1. The molecule has 1 aromatic carbocycles. The molecule has 2 aliphatic rings. The molecule has 1 saturated heterocycles. The van der Waals surface area contributed by atoms with Crippen LogP contribution >= 0.6 is 0 Å². The Hall–Kier alpha value is -3.39. The topological polar surface area (TPSA) is 86.2 Å². The molecule has 0 unspecified atom stereocenters. The molecule has 1 aliphatic heterocycles. The van der Waals surface area contributed by atoms with Crippen molar-refractivity contribution in [1.82, 2.24) is 29.7 Å². The SMILES string of the molecule is c1ccc(CN2CC[C@@H](CNc3nc(Nc4cc(C5CC5)[nH]n4)c4cccn4n3)C2)cc1. The number of hydrogen-bond acceptors (Lipinski definition) is 6. The van der Waals surface area contributed by atoms with E-state index in [9.17, 15) is 0 Å². The minimum Gasteiger partial charge on any atom is -0.353 e. The summed E-state index contributed by atoms with van der Waals surface area (Å²) < 4.78 is 1.86. The molecule has 1 atom stereocenters. The van der Waals surface area contributed by atoms with E-state index in [1.165, 1.54) is 30.5 Å². The number of aromatic nitrogens is 5. The summed E-state index contributed by atoms with van der Waals surface area (Å²) in [6.07, 6.45) is 5.63. The monoisotopic (exact) mass is 428 g/mol. The Morgan fingerprint density at radius 2 is 1.97 bits per heavy atom. The fourth-order valence-corrected chi connectivity index (χ4v) is 4.53. The first kappa shape index (κ1) is 19.3. The number of rotatable bonds is 8. The quantitative estimate of drug-likeness (QED) is 0.393. The van der Waals surface area contributed by atoms with Gasteiger partial charge in [0.2, 0.25) is 5.95 Å². The molecule has 3 N–H and O–H groups in total. The van der Waals surface area contributed by atoms with Crippen LogP contribution in [0, 0.1) is 5.92 Å². The first-order valence-electron chi connectivity index (χ1n) is 11.5. The number of likely N-dealkylation sites (tertiary alicyclic amines) is 1. The van der Waals surface area contributed by atoms with Crippen LogP contribution in [0.15, 0.2) is 54.7 Å². The molecule has 0 radical (unpaired) electrons. The van der Waals surface area contributed by atoms with E-state index in [0.29, 0.717) is 17.8 Å². The van der Waals surface area contributed by atoms with Crippen molar-refractivity contribution in [2.24, 2.45) is 5.92 Å². The predicted octanol–water partition coefficient (Wildman–Crippen LogP) is 4.01. The summed E-state index contributed by atoms with van der Waals surface area (Å²) in [4.78, 5) is 7.29. The number of H-pyrrole nitrogens is 1. The van der Waals surface area contributed by atoms with Gasteiger partial charge in [0.1, 0.15) is 5.52 Å². The second-order valence-electron chi connectivity index (χ2n) is 8.99. The van der Waals surface area contributed by atoms with E-state index in [1.54, 1.807) is 0 Å². The van der Waals surface area contributed by atoms with Gasteiger partial charge in [-0.15, -0.1) is 5.10 Å². The van der Waals surface area contributed by atoms with Crippen LogP contribution in [0.5, 0.6) is 0 Å². The Bertz CT molecular complexity index is 1190. The van der Waals surface area contributed by atoms with E-state index < -0.39 is 0 Å². The van der Waals surface area contributed by atoms with Gasteiger partial charge in [0, 0.05) is 43.5 Å². The van der Waals surface area contributed by atoms with Crippen LogP contribution in [0.4, 0.5) is 17.6 Å². The van der Waals surface area contributed by atoms with Gasteiger partial charge in [0.05, 0.1) is 0 Å². The Morgan fingerprint density at radius 1 is 1.06 bits per heavy atom. The molecule has 0 amide bonds. The van der Waals surface area contributed by atoms with Gasteiger partial charge in [0.15, 0.2) is 11.6 Å². The van der Waals surface area contributed by atoms with Crippen LogP contribution in [0.25, 0.3) is 5.52 Å². The zero-order valence-electron chi connectivity index (χ0n) is 18.0. The van der Waals surface area contributed by atoms with Crippen molar-refractivity contribution in [3.63, 3.8) is 0 Å². The zero-order valence-corrected chi connectivity index (χ0v) is 18.0. The standard InChI is InChI=1S/C24H28N8/c1-2-5-17(6-3-1)15-31-12-10-18(16-31)14-25-24-27-23(21-7-4-11-32(21)30-24)26-22-13-20(28-29-22)19-8-9-19/h1-7,11,13,18-19H,8-10,12,14-16H2,(H3,25,26,27,28,29,30)/t18-/m0/s1. The number of hydrogen-bond donors (Lipinski definition) is 3. The summed E-state index contributed by atoms with van der Waals surface area (Å²) in [5.74, 6) is 3.43. The van der Waals surface area contributed by atoms with Crippen LogP contribution in [-0.4, -0.2) is 49.3 Å². The average Bonchev–Trinajstić information content (AvgIpc) is 3.18. The van der Waals surface area contributed by atoms with Crippen molar-refractivity contribution in [3.8, 4) is 0 Å². The van der Waals surface area contributed by atoms with Crippen LogP contribution in [0.3, 0.4) is 0 Å². The van der Waals surface area contributed by atoms with Crippen molar-refractivity contribution in [3.05, 3.63) is 66.0 Å². The third kappa shape index (κ3) is 4.18. The highest BCUT2D eigenvalue weighted by atomic mass is 15.3. The van der Waals surface area contributed by atoms with Gasteiger partial charge in [-0.3, -0.25) is 10.00 Å². The largest absolute Gasteiger partial charge is 0.353 e. The van der Waals surface area contributed by atoms with Crippen molar-refractivity contribution >= 4 is 23.1 Å². The van der Waals surface area contributed by atoms with E-state index >= 15 is 0 Å². The van der Waals surface area contributed by atoms with Crippen molar-refractivity contribution in [1.29, 1.82) is 0 Å². The van der Waals surface area contributed by atoms with Crippen molar-refractivity contribution < 1.29 is 0 Å². The number of nitrogens with zero attached hydrogens (tertiary/aromatic N) is 5. The molecule has 0 bridgehead atoms. The average molecular weight is 429 g/mol. The van der Waals surface area contributed by atoms with Crippen LogP contribution in [-0.2, 0) is 6.54 Å². The van der Waals surface area contributed by atoms with Gasteiger partial charge in [-0.05, 0) is 49.4 Å². The lowest BCUT2D eigenvalue weighted by Crippen LogP contribution is -2.23. The van der Waals surface area contributed by atoms with E-state index in [0.717, 1.165) is 43.3 Å². The summed E-state index contributed by atoms with van der Waals surface area (Å²) in [5.41, 5.74) is 3.51. The van der Waals surface area contributed by atoms with Crippen LogP contribution in [0.2, 0.25) is 0 Å². The lowest BCUT2D eigenvalue weighted by molar-refractivity contribution is 0.319. The van der Waals surface area contributed by atoms with Gasteiger partial charge in [-0.25, -0.2) is 4.52 Å². The van der Waals surface area contributed by atoms with Gasteiger partial charge in [-0.2, -0.15) is 10.1 Å². The molecule has 6 rings (SSSR count). The Labute approximate surface area is 187 Å². The molecule has 8 nitrogen and oxygen atoms in total. The molecule has 164 valence electrons. The molecular formula is C24H28N8. The van der Waals surface area contributed by atoms with E-state index in [2.05, 4.69) is 67.2 Å². The molecule has 32 heavy (non-hydrogen) atoms. The Kier molecular flexibility index (Phi) is 4.99. The predicted molar refractivity (Wildman–Crippen MR) is 125 cm³/mol. The Morgan fingerprint density at radius 3 is 2.84 bits per heavy atom. The van der Waals surface area contributed by atoms with E-state index in [-0.39, 0.29) is 0 Å². The minimum atomic E-state index is 0.589. The lowest BCUT2D eigenvalue weighted by atomic mass is 10.1. The van der Waals surface area contributed by atoms with Gasteiger partial charge >= 0.3 is 0 Å². The van der Waals surface area contributed by atoms with Gasteiger partial charge < -0.3 is 10.6 Å². The number of aromatic amines is 1. The minimum absolute atomic E-state index is 0.589. The van der Waals surface area contributed by atoms with Crippen LogP contribution in [0.1, 0.15) is 36.4 Å². The normalized spacial score (nSPS) is 18.9. The fourth-order valence-electron chi connectivity index (χ4n) is 4.53. The highest BCUT2D eigenvalue weighted by molar-refractivity contribution is 5.73. The smallest absolute Gasteiger partial charge is 0.243 e. The lowest BCUT2D eigenvalue weighted by Gasteiger charge is -2.16. The molecule has 3 aromatic heterocycles. The summed E-state index contributed by atoms with van der Waals surface area (Å²) in [6, 6.07) is 16.8. The van der Waals surface area contributed by atoms with E-state index in [4.69, 9.17) is 4.98 Å². The molecule has 1 saturated carbocycles. The summed E-state index contributed by atoms with van der Waals surface area (Å²) in [6.45, 7) is 4.11. The van der Waals surface area contributed by atoms with Gasteiger partial charge in [0.25, 0.3) is 0 Å². The van der Waals surface area contributed by atoms with E-state index in [1.807, 2.05) is 22.8 Å². The molecule has 2 fully saturated rings. The van der Waals surface area contributed by atoms with Crippen LogP contribution < -0.4 is 10.6 Å². The zero-order chi connectivity index (χ0) is 21.3. The number of nitrogens with one attached hydrogen (secondary N) is 3. The fraction of sp³-hybridized carbons (Fsp3) is 0.375. The maximum atomic E-state index is 4.76. The summed E-state index contributed by atoms with van der Waals surface area (Å²) >= 11 is 0. The molecule has 8 heteroatoms. The molecule has 0 spiro atoms. The first-order chi connectivity index (χ1) is 15.8. The molecule has 4 aromatic rings. The third-order valence-electron chi connectivity index (χ3n) is 6.42. The highest BCUT2D eigenvalue weighted by Crippen LogP contribution is 2.39. The molecular weight excluding hydrogens is 400 g/mol.